The van der Waals surface area contributed by atoms with Gasteiger partial charge in [0, 0.05) is 37.7 Å². The summed E-state index contributed by atoms with van der Waals surface area (Å²) in [4.78, 5) is 2.75. The molecule has 1 aliphatic heterocycles. The molecule has 0 aromatic carbocycles. The van der Waals surface area contributed by atoms with E-state index < -0.39 is 0 Å². The van der Waals surface area contributed by atoms with Crippen LogP contribution < -0.4 is 0 Å². The van der Waals surface area contributed by atoms with Crippen molar-refractivity contribution in [3.8, 4) is 0 Å². The van der Waals surface area contributed by atoms with Crippen LogP contribution in [0.3, 0.4) is 0 Å². The highest BCUT2D eigenvalue weighted by atomic mass is 79.9. The Balaban J connectivity index is 2.72. The number of hydrogen-bond donors (Lipinski definition) is 0. The largest absolute Gasteiger partial charge is 0.381 e. The van der Waals surface area contributed by atoms with Crippen molar-refractivity contribution in [2.45, 2.75) is 59.4 Å². The van der Waals surface area contributed by atoms with Crippen LogP contribution in [0.2, 0.25) is 0 Å². The van der Waals surface area contributed by atoms with Crippen LogP contribution in [0.25, 0.3) is 0 Å². The fraction of sp³-hybridized carbons (Fsp3) is 1.00. The van der Waals surface area contributed by atoms with Crippen molar-refractivity contribution in [1.29, 1.82) is 0 Å². The fourth-order valence-electron chi connectivity index (χ4n) is 3.19. The van der Waals surface area contributed by atoms with Crippen molar-refractivity contribution < 1.29 is 4.74 Å². The van der Waals surface area contributed by atoms with Crippen LogP contribution in [0.15, 0.2) is 0 Å². The molecular weight excluding hydrogens is 302 g/mol. The molecule has 1 aliphatic rings. The smallest absolute Gasteiger partial charge is 0.0472 e. The second-order valence-electron chi connectivity index (χ2n) is 6.54. The highest BCUT2D eigenvalue weighted by Crippen LogP contribution is 2.34. The van der Waals surface area contributed by atoms with Gasteiger partial charge in [-0.25, -0.2) is 0 Å². The van der Waals surface area contributed by atoms with E-state index >= 15 is 0 Å². The topological polar surface area (TPSA) is 12.5 Å². The first-order chi connectivity index (χ1) is 9.06. The monoisotopic (exact) mass is 333 g/mol. The molecule has 0 bridgehead atoms. The number of halogens is 1. The molecule has 0 aromatic heterocycles. The van der Waals surface area contributed by atoms with E-state index in [9.17, 15) is 0 Å². The maximum atomic E-state index is 5.56. The Labute approximate surface area is 128 Å². The Morgan fingerprint density at radius 1 is 1.16 bits per heavy atom. The van der Waals surface area contributed by atoms with Crippen molar-refractivity contribution in [3.63, 3.8) is 0 Å². The van der Waals surface area contributed by atoms with E-state index in [1.807, 2.05) is 0 Å². The molecule has 0 amide bonds. The minimum Gasteiger partial charge on any atom is -0.381 e. The molecule has 3 heteroatoms. The van der Waals surface area contributed by atoms with Crippen LogP contribution in [0.5, 0.6) is 0 Å². The van der Waals surface area contributed by atoms with Gasteiger partial charge in [-0.15, -0.1) is 0 Å². The molecule has 2 nitrogen and oxygen atoms in total. The summed E-state index contributed by atoms with van der Waals surface area (Å²) in [5.74, 6) is 0.743. The lowest BCUT2D eigenvalue weighted by molar-refractivity contribution is -0.00290. The molecule has 1 rings (SSSR count). The van der Waals surface area contributed by atoms with Gasteiger partial charge in [-0.1, -0.05) is 43.6 Å². The van der Waals surface area contributed by atoms with Crippen molar-refractivity contribution in [1.82, 2.24) is 4.90 Å². The van der Waals surface area contributed by atoms with Gasteiger partial charge in [-0.2, -0.15) is 0 Å². The molecular formula is C16H32BrNO. The van der Waals surface area contributed by atoms with E-state index in [1.54, 1.807) is 0 Å². The molecule has 19 heavy (non-hydrogen) atoms. The molecule has 0 saturated carbocycles. The summed E-state index contributed by atoms with van der Waals surface area (Å²) in [5, 5.41) is 1.11. The van der Waals surface area contributed by atoms with Gasteiger partial charge in [0.1, 0.15) is 0 Å². The Morgan fingerprint density at radius 2 is 1.74 bits per heavy atom. The van der Waals surface area contributed by atoms with Gasteiger partial charge in [0.05, 0.1) is 0 Å². The van der Waals surface area contributed by atoms with Crippen molar-refractivity contribution in [2.24, 2.45) is 11.3 Å². The van der Waals surface area contributed by atoms with Gasteiger partial charge < -0.3 is 4.74 Å². The SMILES string of the molecule is CCC(CC)N(CC(C)C)CC1(CBr)CCOCC1. The molecule has 0 spiro atoms. The average Bonchev–Trinajstić information content (AvgIpc) is 2.40. The fourth-order valence-corrected chi connectivity index (χ4v) is 3.92. The van der Waals surface area contributed by atoms with Crippen LogP contribution in [-0.2, 0) is 4.74 Å². The third-order valence-electron chi connectivity index (χ3n) is 4.43. The van der Waals surface area contributed by atoms with Gasteiger partial charge in [0.25, 0.3) is 0 Å². The average molecular weight is 334 g/mol. The van der Waals surface area contributed by atoms with Gasteiger partial charge >= 0.3 is 0 Å². The van der Waals surface area contributed by atoms with Crippen LogP contribution in [0.1, 0.15) is 53.4 Å². The number of ether oxygens (including phenoxy) is 1. The molecule has 1 saturated heterocycles. The summed E-state index contributed by atoms with van der Waals surface area (Å²) in [6.07, 6.45) is 4.93. The first kappa shape index (κ1) is 17.5. The molecule has 0 aliphatic carbocycles. The van der Waals surface area contributed by atoms with Crippen LogP contribution in [-0.4, -0.2) is 42.6 Å². The third-order valence-corrected chi connectivity index (χ3v) is 5.62. The Hall–Kier alpha value is 0.400. The lowest BCUT2D eigenvalue weighted by atomic mass is 9.81. The summed E-state index contributed by atoms with van der Waals surface area (Å²) in [5.41, 5.74) is 0.426. The molecule has 0 radical (unpaired) electrons. The Morgan fingerprint density at radius 3 is 2.16 bits per heavy atom. The summed E-state index contributed by atoms with van der Waals surface area (Å²) in [7, 11) is 0. The van der Waals surface area contributed by atoms with Gasteiger partial charge in [0.15, 0.2) is 0 Å². The Kier molecular flexibility index (Phi) is 7.93. The molecule has 0 atom stereocenters. The van der Waals surface area contributed by atoms with Crippen LogP contribution in [0, 0.1) is 11.3 Å². The zero-order valence-electron chi connectivity index (χ0n) is 13.3. The summed E-state index contributed by atoms with van der Waals surface area (Å²) in [6.45, 7) is 13.6. The van der Waals surface area contributed by atoms with E-state index in [1.165, 1.54) is 38.8 Å². The second-order valence-corrected chi connectivity index (χ2v) is 7.10. The van der Waals surface area contributed by atoms with E-state index in [2.05, 4.69) is 48.5 Å². The minimum absolute atomic E-state index is 0.426. The van der Waals surface area contributed by atoms with E-state index in [0.29, 0.717) is 5.41 Å². The quantitative estimate of drug-likeness (QED) is 0.613. The third kappa shape index (κ3) is 5.35. The Bertz CT molecular complexity index is 235. The number of nitrogens with zero attached hydrogens (tertiary/aromatic N) is 1. The van der Waals surface area contributed by atoms with Crippen molar-refractivity contribution >= 4 is 15.9 Å². The summed E-state index contributed by atoms with van der Waals surface area (Å²) < 4.78 is 5.56. The molecule has 1 heterocycles. The number of hydrogen-bond acceptors (Lipinski definition) is 2. The first-order valence-electron chi connectivity index (χ1n) is 7.94. The predicted octanol–water partition coefficient (Wildman–Crippen LogP) is 4.32. The maximum absolute atomic E-state index is 5.56. The van der Waals surface area contributed by atoms with Gasteiger partial charge in [-0.05, 0) is 37.0 Å². The molecule has 1 fully saturated rings. The van der Waals surface area contributed by atoms with E-state index in [-0.39, 0.29) is 0 Å². The normalized spacial score (nSPS) is 19.6. The van der Waals surface area contributed by atoms with Gasteiger partial charge in [-0.3, -0.25) is 4.90 Å². The molecule has 114 valence electrons. The van der Waals surface area contributed by atoms with Crippen molar-refractivity contribution in [3.05, 3.63) is 0 Å². The standard InChI is InChI=1S/C16H32BrNO/c1-5-15(6-2)18(11-14(3)4)13-16(12-17)7-9-19-10-8-16/h14-15H,5-13H2,1-4H3. The summed E-state index contributed by atoms with van der Waals surface area (Å²) in [6, 6.07) is 0.737. The van der Waals surface area contributed by atoms with Gasteiger partial charge in [0.2, 0.25) is 0 Å². The molecule has 0 aromatic rings. The lowest BCUT2D eigenvalue weighted by Gasteiger charge is -2.43. The van der Waals surface area contributed by atoms with Crippen LogP contribution in [0.4, 0.5) is 0 Å². The second kappa shape index (κ2) is 8.63. The maximum Gasteiger partial charge on any atom is 0.0472 e. The van der Waals surface area contributed by atoms with E-state index in [0.717, 1.165) is 30.5 Å². The zero-order valence-corrected chi connectivity index (χ0v) is 14.8. The highest BCUT2D eigenvalue weighted by Gasteiger charge is 2.34. The molecule has 0 N–H and O–H groups in total. The molecule has 0 unspecified atom stereocenters. The first-order valence-corrected chi connectivity index (χ1v) is 9.06. The predicted molar refractivity (Wildman–Crippen MR) is 87.1 cm³/mol. The lowest BCUT2D eigenvalue weighted by Crippen LogP contribution is -2.47. The summed E-state index contributed by atoms with van der Waals surface area (Å²) >= 11 is 3.77. The van der Waals surface area contributed by atoms with E-state index in [4.69, 9.17) is 4.74 Å². The minimum atomic E-state index is 0.426. The number of alkyl halides is 1. The van der Waals surface area contributed by atoms with Crippen molar-refractivity contribution in [2.75, 3.05) is 31.6 Å². The number of rotatable bonds is 8. The highest BCUT2D eigenvalue weighted by molar-refractivity contribution is 9.09. The zero-order chi connectivity index (χ0) is 14.3. The van der Waals surface area contributed by atoms with Crippen LogP contribution >= 0.6 is 15.9 Å².